The molecule has 1 aromatic rings. The Bertz CT molecular complexity index is 564. The van der Waals surface area contributed by atoms with Gasteiger partial charge in [0.05, 0.1) is 0 Å². The topological polar surface area (TPSA) is 62.4 Å². The quantitative estimate of drug-likeness (QED) is 0.637. The number of hydrogen-bond acceptors (Lipinski definition) is 4. The number of amides is 1. The van der Waals surface area contributed by atoms with Gasteiger partial charge in [-0.15, -0.1) is 24.8 Å². The summed E-state index contributed by atoms with van der Waals surface area (Å²) < 4.78 is 5.57. The molecule has 3 N–H and O–H groups in total. The molecule has 154 valence electrons. The molecule has 0 spiro atoms. The first-order valence-electron chi connectivity index (χ1n) is 9.48. The van der Waals surface area contributed by atoms with E-state index in [1.54, 1.807) is 0 Å². The van der Waals surface area contributed by atoms with Crippen molar-refractivity contribution in [3.63, 3.8) is 0 Å². The third-order valence-electron chi connectivity index (χ3n) is 5.81. The highest BCUT2D eigenvalue weighted by molar-refractivity contribution is 5.85. The van der Waals surface area contributed by atoms with Crippen LogP contribution in [0.25, 0.3) is 0 Å². The van der Waals surface area contributed by atoms with Gasteiger partial charge in [-0.05, 0) is 44.3 Å². The highest BCUT2D eigenvalue weighted by Crippen LogP contribution is 2.25. The van der Waals surface area contributed by atoms with Gasteiger partial charge in [-0.1, -0.05) is 37.3 Å². The second kappa shape index (κ2) is 11.2. The van der Waals surface area contributed by atoms with Gasteiger partial charge in [0.25, 0.3) is 0 Å². The van der Waals surface area contributed by atoms with Gasteiger partial charge in [-0.3, -0.25) is 4.79 Å². The maximum Gasteiger partial charge on any atom is 0.223 e. The Morgan fingerprint density at radius 3 is 2.37 bits per heavy atom. The first-order valence-corrected chi connectivity index (χ1v) is 9.48. The maximum atomic E-state index is 12.5. The molecule has 2 unspecified atom stereocenters. The van der Waals surface area contributed by atoms with Gasteiger partial charge in [0.15, 0.2) is 0 Å². The van der Waals surface area contributed by atoms with E-state index in [0.717, 1.165) is 39.1 Å². The Labute approximate surface area is 175 Å². The van der Waals surface area contributed by atoms with E-state index < -0.39 is 0 Å². The largest absolute Gasteiger partial charge is 0.381 e. The Balaban J connectivity index is 0.00000182. The molecule has 5 nitrogen and oxygen atoms in total. The van der Waals surface area contributed by atoms with Crippen molar-refractivity contribution < 1.29 is 9.53 Å². The van der Waals surface area contributed by atoms with Crippen LogP contribution in [0.15, 0.2) is 30.3 Å². The molecule has 2 saturated heterocycles. The van der Waals surface area contributed by atoms with Crippen LogP contribution in [-0.4, -0.2) is 44.3 Å². The van der Waals surface area contributed by atoms with Gasteiger partial charge >= 0.3 is 0 Å². The Kier molecular flexibility index (Phi) is 10.1. The van der Waals surface area contributed by atoms with E-state index in [1.165, 1.54) is 5.56 Å². The summed E-state index contributed by atoms with van der Waals surface area (Å²) in [6, 6.07) is 10.7. The molecular formula is C20H33Cl2N3O2. The lowest BCUT2D eigenvalue weighted by Crippen LogP contribution is -2.58. The summed E-state index contributed by atoms with van der Waals surface area (Å²) in [6.07, 6.45) is 1.84. The third-order valence-corrected chi connectivity index (χ3v) is 5.81. The van der Waals surface area contributed by atoms with E-state index in [1.807, 2.05) is 13.0 Å². The molecule has 2 atom stereocenters. The summed E-state index contributed by atoms with van der Waals surface area (Å²) in [5, 5.41) is 10.3. The number of hydrogen-bond donors (Lipinski definition) is 3. The lowest BCUT2D eigenvalue weighted by Gasteiger charge is -2.41. The molecule has 2 aliphatic heterocycles. The second-order valence-electron chi connectivity index (χ2n) is 7.59. The third kappa shape index (κ3) is 6.33. The molecule has 2 heterocycles. The van der Waals surface area contributed by atoms with Crippen molar-refractivity contribution in [1.82, 2.24) is 16.0 Å². The lowest BCUT2D eigenvalue weighted by atomic mass is 9.86. The maximum absolute atomic E-state index is 12.5. The summed E-state index contributed by atoms with van der Waals surface area (Å²) in [6.45, 7) is 8.29. The molecular weight excluding hydrogens is 385 g/mol. The molecule has 2 aliphatic rings. The Morgan fingerprint density at radius 2 is 1.81 bits per heavy atom. The summed E-state index contributed by atoms with van der Waals surface area (Å²) in [5.41, 5.74) is 1.18. The molecule has 3 rings (SSSR count). The Hall–Kier alpha value is -0.850. The summed E-state index contributed by atoms with van der Waals surface area (Å²) in [7, 11) is 0. The molecule has 1 amide bonds. The highest BCUT2D eigenvalue weighted by atomic mass is 35.5. The highest BCUT2D eigenvalue weighted by Gasteiger charge is 2.36. The number of rotatable bonds is 7. The minimum Gasteiger partial charge on any atom is -0.381 e. The minimum atomic E-state index is -0.0965. The molecule has 0 saturated carbocycles. The zero-order valence-corrected chi connectivity index (χ0v) is 17.8. The molecule has 2 fully saturated rings. The summed E-state index contributed by atoms with van der Waals surface area (Å²) in [4.78, 5) is 12.5. The van der Waals surface area contributed by atoms with Crippen molar-refractivity contribution in [3.05, 3.63) is 35.9 Å². The molecule has 0 radical (unpaired) electrons. The van der Waals surface area contributed by atoms with Crippen LogP contribution in [0.5, 0.6) is 0 Å². The fraction of sp³-hybridized carbons (Fsp3) is 0.650. The fourth-order valence-corrected chi connectivity index (χ4v) is 3.71. The Morgan fingerprint density at radius 1 is 1.19 bits per heavy atom. The lowest BCUT2D eigenvalue weighted by molar-refractivity contribution is -0.127. The standard InChI is InChI=1S/C20H31N3O2.2ClH/c1-15(18-12-21-13-18)19(24)22-14-20(8-10-25-11-9-20)23-16(2)17-6-4-3-5-7-17;;/h3-7,15-16,18,21,23H,8-14H2,1-2H3,(H,22,24);2*1H. The van der Waals surface area contributed by atoms with Crippen molar-refractivity contribution in [2.75, 3.05) is 32.8 Å². The van der Waals surface area contributed by atoms with Crippen LogP contribution >= 0.6 is 24.8 Å². The zero-order chi connectivity index (χ0) is 17.7. The summed E-state index contributed by atoms with van der Waals surface area (Å²) >= 11 is 0. The smallest absolute Gasteiger partial charge is 0.223 e. The normalized spacial score (nSPS) is 21.0. The summed E-state index contributed by atoms with van der Waals surface area (Å²) in [5.74, 6) is 0.720. The average Bonchev–Trinajstić information content (AvgIpc) is 2.60. The first kappa shape index (κ1) is 24.2. The van der Waals surface area contributed by atoms with Crippen molar-refractivity contribution in [2.24, 2.45) is 11.8 Å². The molecule has 0 aromatic heterocycles. The van der Waals surface area contributed by atoms with E-state index >= 15 is 0 Å². The number of carbonyl (C=O) groups excluding carboxylic acids is 1. The average molecular weight is 418 g/mol. The van der Waals surface area contributed by atoms with Gasteiger partial charge in [-0.2, -0.15) is 0 Å². The predicted octanol–water partition coefficient (Wildman–Crippen LogP) is 2.70. The molecule has 0 bridgehead atoms. The second-order valence-corrected chi connectivity index (χ2v) is 7.59. The molecule has 0 aliphatic carbocycles. The molecule has 7 heteroatoms. The monoisotopic (exact) mass is 417 g/mol. The van der Waals surface area contributed by atoms with Gasteiger partial charge < -0.3 is 20.7 Å². The van der Waals surface area contributed by atoms with Crippen molar-refractivity contribution in [3.8, 4) is 0 Å². The van der Waals surface area contributed by atoms with Crippen LogP contribution in [0.2, 0.25) is 0 Å². The minimum absolute atomic E-state index is 0. The van der Waals surface area contributed by atoms with E-state index in [4.69, 9.17) is 4.74 Å². The van der Waals surface area contributed by atoms with Crippen molar-refractivity contribution in [1.29, 1.82) is 0 Å². The van der Waals surface area contributed by atoms with E-state index in [0.29, 0.717) is 12.5 Å². The predicted molar refractivity (Wildman–Crippen MR) is 114 cm³/mol. The fourth-order valence-electron chi connectivity index (χ4n) is 3.71. The van der Waals surface area contributed by atoms with E-state index in [2.05, 4.69) is 47.1 Å². The van der Waals surface area contributed by atoms with Crippen LogP contribution in [-0.2, 0) is 9.53 Å². The zero-order valence-electron chi connectivity index (χ0n) is 16.2. The van der Waals surface area contributed by atoms with Crippen LogP contribution in [0.1, 0.15) is 38.3 Å². The van der Waals surface area contributed by atoms with Gasteiger partial charge in [-0.25, -0.2) is 0 Å². The van der Waals surface area contributed by atoms with Gasteiger partial charge in [0.2, 0.25) is 5.91 Å². The molecule has 1 aromatic carbocycles. The number of nitrogens with one attached hydrogen (secondary N) is 3. The number of carbonyl (C=O) groups is 1. The van der Waals surface area contributed by atoms with Gasteiger partial charge in [0, 0.05) is 37.3 Å². The van der Waals surface area contributed by atoms with E-state index in [9.17, 15) is 4.79 Å². The SMILES string of the molecule is CC(NC1(CNC(=O)C(C)C2CNC2)CCOCC1)c1ccccc1.Cl.Cl. The number of halogens is 2. The van der Waals surface area contributed by atoms with Gasteiger partial charge in [0.1, 0.15) is 0 Å². The van der Waals surface area contributed by atoms with Crippen molar-refractivity contribution >= 4 is 30.7 Å². The molecule has 27 heavy (non-hydrogen) atoms. The first-order chi connectivity index (χ1) is 12.1. The van der Waals surface area contributed by atoms with Crippen LogP contribution < -0.4 is 16.0 Å². The van der Waals surface area contributed by atoms with Crippen LogP contribution in [0, 0.1) is 11.8 Å². The van der Waals surface area contributed by atoms with E-state index in [-0.39, 0.29) is 48.2 Å². The van der Waals surface area contributed by atoms with Crippen molar-refractivity contribution in [2.45, 2.75) is 38.3 Å². The number of ether oxygens (including phenoxy) is 1. The van der Waals surface area contributed by atoms with Crippen LogP contribution in [0.4, 0.5) is 0 Å². The number of benzene rings is 1. The van der Waals surface area contributed by atoms with Crippen LogP contribution in [0.3, 0.4) is 0 Å².